The van der Waals surface area contributed by atoms with Crippen LogP contribution in [-0.2, 0) is 0 Å². The van der Waals surface area contributed by atoms with E-state index in [9.17, 15) is 0 Å². The molecule has 0 radical (unpaired) electrons. The van der Waals surface area contributed by atoms with Crippen LogP contribution in [0.5, 0.6) is 0 Å². The average molecular weight is 142 g/mol. The Labute approximate surface area is 55.5 Å². The van der Waals surface area contributed by atoms with Gasteiger partial charge in [-0.1, -0.05) is 0 Å². The second kappa shape index (κ2) is 6.60. The Morgan fingerprint density at radius 1 is 1.71 bits per heavy atom. The van der Waals surface area contributed by atoms with Crippen LogP contribution in [-0.4, -0.2) is 18.1 Å². The van der Waals surface area contributed by atoms with Crippen LogP contribution < -0.4 is 5.73 Å². The van der Waals surface area contributed by atoms with E-state index in [0.717, 1.165) is 5.75 Å². The molecular weight excluding hydrogens is 130 g/mol. The lowest BCUT2D eigenvalue weighted by Crippen LogP contribution is -2.16. The third kappa shape index (κ3) is 10.8. The van der Waals surface area contributed by atoms with Crippen molar-refractivity contribution in [3.05, 3.63) is 0 Å². The van der Waals surface area contributed by atoms with E-state index >= 15 is 0 Å². The van der Waals surface area contributed by atoms with Crippen LogP contribution in [0, 0.1) is 0 Å². The molecule has 0 aliphatic heterocycles. The molecule has 0 aliphatic rings. The Morgan fingerprint density at radius 3 is 2.14 bits per heavy atom. The molecule has 2 N–H and O–H groups in total. The Kier molecular flexibility index (Phi) is 9.95. The highest BCUT2D eigenvalue weighted by Crippen LogP contribution is 1.91. The van der Waals surface area contributed by atoms with Crippen LogP contribution in [0.4, 0.5) is 0 Å². The molecule has 0 saturated heterocycles. The van der Waals surface area contributed by atoms with Gasteiger partial charge in [0.05, 0.1) is 0 Å². The number of hydrogen-bond acceptors (Lipinski definition) is 2. The van der Waals surface area contributed by atoms with Gasteiger partial charge in [0.25, 0.3) is 0 Å². The zero-order valence-corrected chi connectivity index (χ0v) is 6.31. The zero-order chi connectivity index (χ0) is 4.99. The SMILES string of the molecule is CSC[C@H](C)N.Cl. The molecule has 0 aromatic carbocycles. The summed E-state index contributed by atoms with van der Waals surface area (Å²) >= 11 is 1.78. The average Bonchev–Trinajstić information content (AvgIpc) is 1.35. The van der Waals surface area contributed by atoms with Crippen LogP contribution >= 0.6 is 24.2 Å². The molecule has 3 heteroatoms. The molecule has 0 aromatic heterocycles. The summed E-state index contributed by atoms with van der Waals surface area (Å²) in [5.74, 6) is 1.07. The number of rotatable bonds is 2. The third-order valence-electron chi connectivity index (χ3n) is 0.430. The highest BCUT2D eigenvalue weighted by Gasteiger charge is 1.85. The fourth-order valence-electron chi connectivity index (χ4n) is 0.263. The number of nitrogens with two attached hydrogens (primary N) is 1. The first kappa shape index (κ1) is 10.6. The van der Waals surface area contributed by atoms with Crippen molar-refractivity contribution in [1.29, 1.82) is 0 Å². The molecule has 0 aliphatic carbocycles. The summed E-state index contributed by atoms with van der Waals surface area (Å²) in [5, 5.41) is 0. The van der Waals surface area contributed by atoms with E-state index in [4.69, 9.17) is 5.73 Å². The second-order valence-electron chi connectivity index (χ2n) is 1.43. The van der Waals surface area contributed by atoms with Gasteiger partial charge in [0.2, 0.25) is 0 Å². The molecular formula is C4H12ClNS. The van der Waals surface area contributed by atoms with Crippen LogP contribution in [0.25, 0.3) is 0 Å². The summed E-state index contributed by atoms with van der Waals surface area (Å²) in [6, 6.07) is 0.361. The summed E-state index contributed by atoms with van der Waals surface area (Å²) in [6.45, 7) is 2.01. The van der Waals surface area contributed by atoms with E-state index in [-0.39, 0.29) is 12.4 Å². The van der Waals surface area contributed by atoms with Crippen molar-refractivity contribution < 1.29 is 0 Å². The minimum atomic E-state index is 0. The largest absolute Gasteiger partial charge is 0.327 e. The van der Waals surface area contributed by atoms with Crippen molar-refractivity contribution in [2.75, 3.05) is 12.0 Å². The summed E-state index contributed by atoms with van der Waals surface area (Å²) in [6.07, 6.45) is 2.06. The summed E-state index contributed by atoms with van der Waals surface area (Å²) in [4.78, 5) is 0. The van der Waals surface area contributed by atoms with Crippen molar-refractivity contribution in [3.63, 3.8) is 0 Å². The van der Waals surface area contributed by atoms with E-state index in [1.54, 1.807) is 11.8 Å². The predicted molar refractivity (Wildman–Crippen MR) is 39.3 cm³/mol. The Balaban J connectivity index is 0. The van der Waals surface area contributed by atoms with Gasteiger partial charge < -0.3 is 5.73 Å². The Hall–Kier alpha value is 0.600. The van der Waals surface area contributed by atoms with Gasteiger partial charge in [0.15, 0.2) is 0 Å². The fourth-order valence-corrected chi connectivity index (χ4v) is 0.789. The van der Waals surface area contributed by atoms with Crippen LogP contribution in [0.15, 0.2) is 0 Å². The molecule has 7 heavy (non-hydrogen) atoms. The molecule has 1 nitrogen and oxygen atoms in total. The predicted octanol–water partition coefficient (Wildman–Crippen LogP) is 1.12. The van der Waals surface area contributed by atoms with E-state index in [0.29, 0.717) is 6.04 Å². The van der Waals surface area contributed by atoms with E-state index in [1.807, 2.05) is 6.92 Å². The molecule has 0 rings (SSSR count). The first-order chi connectivity index (χ1) is 2.77. The minimum Gasteiger partial charge on any atom is -0.327 e. The highest BCUT2D eigenvalue weighted by atomic mass is 35.5. The summed E-state index contributed by atoms with van der Waals surface area (Å²) in [5.41, 5.74) is 5.38. The molecule has 0 aromatic rings. The van der Waals surface area contributed by atoms with Gasteiger partial charge in [-0.15, -0.1) is 12.4 Å². The molecule has 0 heterocycles. The van der Waals surface area contributed by atoms with Crippen LogP contribution in [0.1, 0.15) is 6.92 Å². The number of halogens is 1. The highest BCUT2D eigenvalue weighted by molar-refractivity contribution is 7.98. The molecule has 0 unspecified atom stereocenters. The zero-order valence-electron chi connectivity index (χ0n) is 4.68. The lowest BCUT2D eigenvalue weighted by molar-refractivity contribution is 0.848. The molecule has 0 bridgehead atoms. The Morgan fingerprint density at radius 2 is 2.14 bits per heavy atom. The smallest absolute Gasteiger partial charge is 0.0101 e. The van der Waals surface area contributed by atoms with Gasteiger partial charge in [-0.05, 0) is 13.2 Å². The summed E-state index contributed by atoms with van der Waals surface area (Å²) < 4.78 is 0. The number of hydrogen-bond donors (Lipinski definition) is 1. The standard InChI is InChI=1S/C4H11NS.ClH/c1-4(5)3-6-2;/h4H,3,5H2,1-2H3;1H/t4-;/m0./s1. The lowest BCUT2D eigenvalue weighted by atomic mass is 10.4. The minimum absolute atomic E-state index is 0. The second-order valence-corrected chi connectivity index (χ2v) is 2.34. The van der Waals surface area contributed by atoms with Crippen molar-refractivity contribution in [2.24, 2.45) is 5.73 Å². The van der Waals surface area contributed by atoms with E-state index in [2.05, 4.69) is 6.26 Å². The topological polar surface area (TPSA) is 26.0 Å². The molecule has 0 saturated carbocycles. The van der Waals surface area contributed by atoms with Crippen molar-refractivity contribution in [2.45, 2.75) is 13.0 Å². The third-order valence-corrected chi connectivity index (χ3v) is 1.29. The van der Waals surface area contributed by atoms with Gasteiger partial charge in [-0.25, -0.2) is 0 Å². The van der Waals surface area contributed by atoms with E-state index < -0.39 is 0 Å². The summed E-state index contributed by atoms with van der Waals surface area (Å²) in [7, 11) is 0. The van der Waals surface area contributed by atoms with Gasteiger partial charge >= 0.3 is 0 Å². The first-order valence-electron chi connectivity index (χ1n) is 2.02. The van der Waals surface area contributed by atoms with Crippen molar-refractivity contribution in [1.82, 2.24) is 0 Å². The fraction of sp³-hybridized carbons (Fsp3) is 1.00. The van der Waals surface area contributed by atoms with Gasteiger partial charge in [0.1, 0.15) is 0 Å². The van der Waals surface area contributed by atoms with Crippen molar-refractivity contribution in [3.8, 4) is 0 Å². The lowest BCUT2D eigenvalue weighted by Gasteiger charge is -1.96. The van der Waals surface area contributed by atoms with Gasteiger partial charge in [0, 0.05) is 11.8 Å². The van der Waals surface area contributed by atoms with Crippen LogP contribution in [0.2, 0.25) is 0 Å². The first-order valence-corrected chi connectivity index (χ1v) is 3.41. The monoisotopic (exact) mass is 141 g/mol. The van der Waals surface area contributed by atoms with E-state index in [1.165, 1.54) is 0 Å². The normalized spacial score (nSPS) is 12.4. The molecule has 1 atom stereocenters. The maximum atomic E-state index is 5.38. The molecule has 0 fully saturated rings. The van der Waals surface area contributed by atoms with Crippen LogP contribution in [0.3, 0.4) is 0 Å². The molecule has 0 spiro atoms. The Bertz CT molecular complexity index is 32.9. The number of thioether (sulfide) groups is 1. The maximum Gasteiger partial charge on any atom is 0.0101 e. The maximum absolute atomic E-state index is 5.38. The van der Waals surface area contributed by atoms with Gasteiger partial charge in [-0.3, -0.25) is 0 Å². The molecule has 46 valence electrons. The van der Waals surface area contributed by atoms with Crippen molar-refractivity contribution >= 4 is 24.2 Å². The molecule has 0 amide bonds. The quantitative estimate of drug-likeness (QED) is 0.624. The van der Waals surface area contributed by atoms with Gasteiger partial charge in [-0.2, -0.15) is 11.8 Å².